The van der Waals surface area contributed by atoms with E-state index in [0.29, 0.717) is 0 Å². The first-order chi connectivity index (χ1) is 12.0. The van der Waals surface area contributed by atoms with Gasteiger partial charge in [0.05, 0.1) is 0 Å². The highest BCUT2D eigenvalue weighted by molar-refractivity contribution is 9.10. The molecular weight excluding hydrogens is 378 g/mol. The number of carbonyl (C=O) groups is 1. The summed E-state index contributed by atoms with van der Waals surface area (Å²) < 4.78 is 1.00. The second-order valence-corrected chi connectivity index (χ2v) is 6.57. The molecule has 0 aromatic heterocycles. The van der Waals surface area contributed by atoms with Crippen molar-refractivity contribution in [3.63, 3.8) is 0 Å². The molecule has 0 aliphatic carbocycles. The van der Waals surface area contributed by atoms with E-state index in [1.165, 1.54) is 5.69 Å². The zero-order valence-electron chi connectivity index (χ0n) is 14.8. The van der Waals surface area contributed by atoms with Crippen molar-refractivity contribution in [2.75, 3.05) is 23.3 Å². The van der Waals surface area contributed by atoms with Crippen LogP contribution in [-0.2, 0) is 0 Å². The first-order valence-electron chi connectivity index (χ1n) is 8.38. The lowest BCUT2D eigenvalue weighted by molar-refractivity contribution is 0.255. The van der Waals surface area contributed by atoms with Crippen molar-refractivity contribution in [2.24, 2.45) is 0 Å². The van der Waals surface area contributed by atoms with Crippen molar-refractivity contribution >= 4 is 39.4 Å². The molecule has 2 amide bonds. The van der Waals surface area contributed by atoms with Gasteiger partial charge in [-0.05, 0) is 68.3 Å². The first-order valence-corrected chi connectivity index (χ1v) is 9.18. The lowest BCUT2D eigenvalue weighted by Crippen LogP contribution is -2.25. The van der Waals surface area contributed by atoms with E-state index in [0.717, 1.165) is 34.4 Å². The molecule has 0 aliphatic heterocycles. The summed E-state index contributed by atoms with van der Waals surface area (Å²) in [7, 11) is 0. The van der Waals surface area contributed by atoms with Crippen LogP contribution in [0.2, 0.25) is 0 Å². The number of hydrogen-bond donors (Lipinski definition) is 2. The molecule has 0 aliphatic rings. The maximum atomic E-state index is 12.1. The first kappa shape index (κ1) is 19.1. The maximum Gasteiger partial charge on any atom is 0.323 e. The summed E-state index contributed by atoms with van der Waals surface area (Å²) in [6, 6.07) is 13.7. The van der Waals surface area contributed by atoms with Crippen molar-refractivity contribution in [1.82, 2.24) is 5.32 Å². The van der Waals surface area contributed by atoms with E-state index < -0.39 is 0 Å². The Kier molecular flexibility index (Phi) is 7.07. The summed E-state index contributed by atoms with van der Waals surface area (Å²) in [5.41, 5.74) is 4.03. The molecule has 2 aromatic carbocycles. The number of anilines is 2. The Hall–Kier alpha value is -2.27. The number of nitrogens with one attached hydrogen (secondary N) is 2. The normalized spacial score (nSPS) is 10.7. The van der Waals surface area contributed by atoms with Crippen molar-refractivity contribution in [3.8, 4) is 0 Å². The Morgan fingerprint density at radius 2 is 1.92 bits per heavy atom. The molecular formula is C20H24BrN3O. The lowest BCUT2D eigenvalue weighted by atomic mass is 10.1. The number of nitrogens with zero attached hydrogens (tertiary/aromatic N) is 1. The minimum Gasteiger partial charge on any atom is -0.372 e. The second-order valence-electron chi connectivity index (χ2n) is 5.66. The van der Waals surface area contributed by atoms with E-state index in [9.17, 15) is 4.79 Å². The molecule has 5 heteroatoms. The van der Waals surface area contributed by atoms with Crippen LogP contribution in [-0.4, -0.2) is 19.1 Å². The van der Waals surface area contributed by atoms with Gasteiger partial charge in [-0.2, -0.15) is 0 Å². The van der Waals surface area contributed by atoms with E-state index in [2.05, 4.69) is 51.4 Å². The van der Waals surface area contributed by atoms with Crippen molar-refractivity contribution < 1.29 is 4.79 Å². The van der Waals surface area contributed by atoms with Gasteiger partial charge < -0.3 is 15.5 Å². The van der Waals surface area contributed by atoms with Crippen molar-refractivity contribution in [3.05, 3.63) is 64.3 Å². The smallest absolute Gasteiger partial charge is 0.323 e. The maximum absolute atomic E-state index is 12.1. The summed E-state index contributed by atoms with van der Waals surface area (Å²) in [6.07, 6.45) is 3.48. The van der Waals surface area contributed by atoms with E-state index in [-0.39, 0.29) is 6.03 Å². The number of benzene rings is 2. The third-order valence-electron chi connectivity index (χ3n) is 3.93. The van der Waals surface area contributed by atoms with Crippen LogP contribution in [0.3, 0.4) is 0 Å². The highest BCUT2D eigenvalue weighted by atomic mass is 79.9. The summed E-state index contributed by atoms with van der Waals surface area (Å²) in [4.78, 5) is 14.3. The zero-order valence-corrected chi connectivity index (χ0v) is 16.4. The summed E-state index contributed by atoms with van der Waals surface area (Å²) in [5.74, 6) is 0. The molecule has 0 saturated carbocycles. The standard InChI is InChI=1S/C20H24BrN3O/c1-4-24(5-2)18-9-10-19(15(3)13-18)23-20(25)22-12-11-16-7-6-8-17(21)14-16/h6-14H,4-5H2,1-3H3,(H2,22,23,25)/b12-11+. The van der Waals surface area contributed by atoms with Crippen LogP contribution in [0.5, 0.6) is 0 Å². The molecule has 0 heterocycles. The van der Waals surface area contributed by atoms with Gasteiger partial charge in [0.15, 0.2) is 0 Å². The molecule has 0 fully saturated rings. The fourth-order valence-corrected chi connectivity index (χ4v) is 2.97. The number of hydrogen-bond acceptors (Lipinski definition) is 2. The molecule has 0 unspecified atom stereocenters. The van der Waals surface area contributed by atoms with Gasteiger partial charge >= 0.3 is 6.03 Å². The van der Waals surface area contributed by atoms with Gasteiger partial charge in [0.2, 0.25) is 0 Å². The van der Waals surface area contributed by atoms with E-state index in [1.807, 2.05) is 49.4 Å². The Balaban J connectivity index is 1.96. The number of aryl methyl sites for hydroxylation is 1. The molecule has 0 bridgehead atoms. The van der Waals surface area contributed by atoms with Crippen LogP contribution in [0.25, 0.3) is 6.08 Å². The molecule has 0 spiro atoms. The van der Waals surface area contributed by atoms with Crippen molar-refractivity contribution in [2.45, 2.75) is 20.8 Å². The van der Waals surface area contributed by atoms with Crippen LogP contribution in [0.15, 0.2) is 53.1 Å². The second kappa shape index (κ2) is 9.28. The monoisotopic (exact) mass is 401 g/mol. The fraction of sp³-hybridized carbons (Fsp3) is 0.250. The fourth-order valence-electron chi connectivity index (χ4n) is 2.56. The summed E-state index contributed by atoms with van der Waals surface area (Å²) in [6.45, 7) is 8.19. The van der Waals surface area contributed by atoms with Gasteiger partial charge in [-0.25, -0.2) is 4.79 Å². The Labute approximate surface area is 158 Å². The topological polar surface area (TPSA) is 44.4 Å². The number of amides is 2. The minimum absolute atomic E-state index is 0.259. The van der Waals surface area contributed by atoms with Crippen LogP contribution in [0.1, 0.15) is 25.0 Å². The van der Waals surface area contributed by atoms with Crippen LogP contribution in [0.4, 0.5) is 16.2 Å². The molecule has 25 heavy (non-hydrogen) atoms. The molecule has 2 aromatic rings. The minimum atomic E-state index is -0.259. The number of carbonyl (C=O) groups excluding carboxylic acids is 1. The van der Waals surface area contributed by atoms with E-state index >= 15 is 0 Å². The average Bonchev–Trinajstić information content (AvgIpc) is 2.58. The van der Waals surface area contributed by atoms with E-state index in [4.69, 9.17) is 0 Å². The Morgan fingerprint density at radius 1 is 1.16 bits per heavy atom. The van der Waals surface area contributed by atoms with Crippen LogP contribution < -0.4 is 15.5 Å². The predicted octanol–water partition coefficient (Wildman–Crippen LogP) is 5.40. The third kappa shape index (κ3) is 5.64. The quantitative estimate of drug-likeness (QED) is 0.680. The molecule has 2 rings (SSSR count). The largest absolute Gasteiger partial charge is 0.372 e. The summed E-state index contributed by atoms with van der Waals surface area (Å²) >= 11 is 3.42. The predicted molar refractivity (Wildman–Crippen MR) is 110 cm³/mol. The molecule has 4 nitrogen and oxygen atoms in total. The zero-order chi connectivity index (χ0) is 18.2. The molecule has 2 N–H and O–H groups in total. The SMILES string of the molecule is CCN(CC)c1ccc(NC(=O)N/C=C/c2cccc(Br)c2)c(C)c1. The van der Waals surface area contributed by atoms with Crippen LogP contribution >= 0.6 is 15.9 Å². The average molecular weight is 402 g/mol. The number of rotatable bonds is 6. The van der Waals surface area contributed by atoms with Crippen molar-refractivity contribution in [1.29, 1.82) is 0 Å². The summed E-state index contributed by atoms with van der Waals surface area (Å²) in [5, 5.41) is 5.61. The van der Waals surface area contributed by atoms with Gasteiger partial charge in [0.25, 0.3) is 0 Å². The Bertz CT molecular complexity index is 754. The van der Waals surface area contributed by atoms with Gasteiger partial charge in [-0.15, -0.1) is 0 Å². The molecule has 0 atom stereocenters. The van der Waals surface area contributed by atoms with Crippen LogP contribution in [0, 0.1) is 6.92 Å². The Morgan fingerprint density at radius 3 is 2.56 bits per heavy atom. The van der Waals surface area contributed by atoms with E-state index in [1.54, 1.807) is 6.20 Å². The van der Waals surface area contributed by atoms with Gasteiger partial charge in [0, 0.05) is 35.1 Å². The number of halogens is 1. The lowest BCUT2D eigenvalue weighted by Gasteiger charge is -2.22. The molecule has 0 saturated heterocycles. The highest BCUT2D eigenvalue weighted by Gasteiger charge is 2.07. The van der Waals surface area contributed by atoms with Gasteiger partial charge in [-0.3, -0.25) is 0 Å². The van der Waals surface area contributed by atoms with Gasteiger partial charge in [-0.1, -0.05) is 28.1 Å². The third-order valence-corrected chi connectivity index (χ3v) is 4.42. The van der Waals surface area contributed by atoms with Gasteiger partial charge in [0.1, 0.15) is 0 Å². The molecule has 132 valence electrons. The highest BCUT2D eigenvalue weighted by Crippen LogP contribution is 2.22. The molecule has 0 radical (unpaired) electrons. The number of urea groups is 1.